The van der Waals surface area contributed by atoms with Crippen molar-refractivity contribution in [2.24, 2.45) is 0 Å². The number of likely N-dealkylation sites (tertiary alicyclic amines) is 1. The van der Waals surface area contributed by atoms with Crippen molar-refractivity contribution in [2.75, 3.05) is 13.6 Å². The highest BCUT2D eigenvalue weighted by molar-refractivity contribution is 5.96. The highest BCUT2D eigenvalue weighted by atomic mass is 19.1. The second-order valence-corrected chi connectivity index (χ2v) is 11.2. The normalized spacial score (nSPS) is 28.6. The second kappa shape index (κ2) is 8.13. The van der Waals surface area contributed by atoms with Crippen molar-refractivity contribution in [1.29, 1.82) is 0 Å². The Kier molecular flexibility index (Phi) is 5.07. The van der Waals surface area contributed by atoms with Gasteiger partial charge < -0.3 is 24.6 Å². The number of benzene rings is 3. The van der Waals surface area contributed by atoms with E-state index in [9.17, 15) is 23.8 Å². The van der Waals surface area contributed by atoms with Gasteiger partial charge in [0.25, 0.3) is 0 Å². The molecule has 2 heterocycles. The Bertz CT molecular complexity index is 1590. The lowest BCUT2D eigenvalue weighted by atomic mass is 9.48. The predicted molar refractivity (Wildman–Crippen MR) is 139 cm³/mol. The molecule has 4 aliphatic rings. The van der Waals surface area contributed by atoms with Crippen molar-refractivity contribution in [1.82, 2.24) is 4.90 Å². The van der Waals surface area contributed by atoms with Gasteiger partial charge in [-0.15, -0.1) is 0 Å². The van der Waals surface area contributed by atoms with Crippen molar-refractivity contribution >= 4 is 5.97 Å². The number of hydrogen-bond acceptors (Lipinski definition) is 6. The molecule has 200 valence electrons. The fourth-order valence-electron chi connectivity index (χ4n) is 7.48. The lowest BCUT2D eigenvalue weighted by Crippen LogP contribution is -2.74. The average molecular weight is 532 g/mol. The van der Waals surface area contributed by atoms with Crippen LogP contribution < -0.4 is 9.47 Å². The van der Waals surface area contributed by atoms with Crippen LogP contribution in [-0.2, 0) is 11.8 Å². The van der Waals surface area contributed by atoms with E-state index in [1.54, 1.807) is 6.07 Å². The van der Waals surface area contributed by atoms with E-state index < -0.39 is 34.7 Å². The van der Waals surface area contributed by atoms with Gasteiger partial charge in [0.2, 0.25) is 0 Å². The molecule has 2 N–H and O–H groups in total. The van der Waals surface area contributed by atoms with E-state index >= 15 is 0 Å². The Hall–Kier alpha value is -3.75. The number of piperidine rings is 1. The summed E-state index contributed by atoms with van der Waals surface area (Å²) in [5.74, 6) is -2.08. The van der Waals surface area contributed by atoms with Crippen molar-refractivity contribution in [3.8, 4) is 28.4 Å². The maximum atomic E-state index is 14.4. The number of hydrogen-bond donors (Lipinski definition) is 2. The molecule has 1 spiro atoms. The number of esters is 1. The van der Waals surface area contributed by atoms with Gasteiger partial charge in [0, 0.05) is 23.2 Å². The number of aromatic hydroxyl groups is 1. The first kappa shape index (κ1) is 24.3. The van der Waals surface area contributed by atoms with Crippen LogP contribution in [0.1, 0.15) is 40.7 Å². The van der Waals surface area contributed by atoms with Crippen molar-refractivity contribution < 1.29 is 33.3 Å². The number of ether oxygens (including phenoxy) is 2. The first-order valence-electron chi connectivity index (χ1n) is 13.1. The van der Waals surface area contributed by atoms with Crippen molar-refractivity contribution in [3.63, 3.8) is 0 Å². The van der Waals surface area contributed by atoms with Crippen molar-refractivity contribution in [2.45, 2.75) is 48.8 Å². The summed E-state index contributed by atoms with van der Waals surface area (Å²) in [6, 6.07) is 10.7. The average Bonchev–Trinajstić information content (AvgIpc) is 3.26. The zero-order valence-corrected chi connectivity index (χ0v) is 21.3. The molecule has 39 heavy (non-hydrogen) atoms. The smallest absolute Gasteiger partial charge is 0.347 e. The molecule has 3 aromatic carbocycles. The molecule has 3 aromatic rings. The third kappa shape index (κ3) is 3.16. The summed E-state index contributed by atoms with van der Waals surface area (Å²) in [6.07, 6.45) is 2.14. The van der Waals surface area contributed by atoms with Gasteiger partial charge in [-0.3, -0.25) is 0 Å². The van der Waals surface area contributed by atoms with Crippen LogP contribution in [-0.4, -0.2) is 52.4 Å². The van der Waals surface area contributed by atoms with Crippen LogP contribution in [0.15, 0.2) is 60.7 Å². The van der Waals surface area contributed by atoms with E-state index in [0.717, 1.165) is 35.4 Å². The zero-order valence-electron chi connectivity index (χ0n) is 21.3. The van der Waals surface area contributed by atoms with E-state index in [4.69, 9.17) is 9.47 Å². The Morgan fingerprint density at radius 1 is 1.15 bits per heavy atom. The summed E-state index contributed by atoms with van der Waals surface area (Å²) in [6.45, 7) is 5.07. The molecule has 0 aromatic heterocycles. The topological polar surface area (TPSA) is 79.2 Å². The van der Waals surface area contributed by atoms with E-state index in [-0.39, 0.29) is 34.2 Å². The van der Waals surface area contributed by atoms with E-state index in [2.05, 4.69) is 11.5 Å². The van der Waals surface area contributed by atoms with Gasteiger partial charge in [0.15, 0.2) is 11.5 Å². The lowest BCUT2D eigenvalue weighted by Gasteiger charge is -2.62. The molecule has 8 heteroatoms. The maximum Gasteiger partial charge on any atom is 0.347 e. The highest BCUT2D eigenvalue weighted by Crippen LogP contribution is 2.66. The minimum Gasteiger partial charge on any atom is -0.507 e. The molecule has 2 bridgehead atoms. The molecule has 2 aliphatic carbocycles. The number of likely N-dealkylation sites (N-methyl/N-ethyl adjacent to an activating group) is 1. The molecule has 4 atom stereocenters. The fraction of sp³-hybridized carbons (Fsp3) is 0.323. The standard InChI is InChI=1S/C31H27F2NO5/c1-16-9-10-31(37)25-14-18-4-8-24(27-26(18)30(31,28(16)39-27)11-12-34(25)2)38-29(36)21-13-17(3-7-23(21)35)20-6-5-19(32)15-22(20)33/h3-8,13,15,25,28,35,37H,1,9-12,14H2,2H3/t25?,28?,30?,31-/m1/s1. The quantitative estimate of drug-likeness (QED) is 0.285. The van der Waals surface area contributed by atoms with E-state index in [0.29, 0.717) is 31.4 Å². The van der Waals surface area contributed by atoms with Crippen molar-refractivity contribution in [3.05, 3.63) is 89.0 Å². The first-order chi connectivity index (χ1) is 18.6. The third-order valence-corrected chi connectivity index (χ3v) is 9.32. The largest absolute Gasteiger partial charge is 0.507 e. The van der Waals surface area contributed by atoms with Crippen LogP contribution in [0.3, 0.4) is 0 Å². The lowest BCUT2D eigenvalue weighted by molar-refractivity contribution is -0.168. The summed E-state index contributed by atoms with van der Waals surface area (Å²) in [5.41, 5.74) is 1.37. The first-order valence-corrected chi connectivity index (χ1v) is 13.1. The van der Waals surface area contributed by atoms with Gasteiger partial charge in [0.1, 0.15) is 29.1 Å². The van der Waals surface area contributed by atoms with Crippen LogP contribution >= 0.6 is 0 Å². The number of carbonyl (C=O) groups is 1. The minimum atomic E-state index is -1.00. The van der Waals surface area contributed by atoms with Crippen LogP contribution in [0, 0.1) is 11.6 Å². The molecule has 0 radical (unpaired) electrons. The molecule has 7 rings (SSSR count). The Labute approximate surface area is 224 Å². The molecule has 6 nitrogen and oxygen atoms in total. The van der Waals surface area contributed by atoms with Gasteiger partial charge in [-0.2, -0.15) is 0 Å². The maximum absolute atomic E-state index is 14.4. The van der Waals surface area contributed by atoms with Gasteiger partial charge in [0.05, 0.1) is 11.0 Å². The van der Waals surface area contributed by atoms with Crippen LogP contribution in [0.25, 0.3) is 11.1 Å². The molecule has 1 saturated carbocycles. The Morgan fingerprint density at radius 3 is 2.77 bits per heavy atom. The summed E-state index contributed by atoms with van der Waals surface area (Å²) < 4.78 is 40.1. The fourth-order valence-corrected chi connectivity index (χ4v) is 7.48. The van der Waals surface area contributed by atoms with Gasteiger partial charge >= 0.3 is 5.97 Å². The van der Waals surface area contributed by atoms with Crippen LogP contribution in [0.4, 0.5) is 8.78 Å². The molecule has 1 saturated heterocycles. The number of rotatable bonds is 3. The summed E-state index contributed by atoms with van der Waals surface area (Å²) in [4.78, 5) is 15.6. The molecule has 3 unspecified atom stereocenters. The number of carbonyl (C=O) groups excluding carboxylic acids is 1. The molecule has 2 aliphatic heterocycles. The van der Waals surface area contributed by atoms with Gasteiger partial charge in [-0.05, 0) is 86.3 Å². The van der Waals surface area contributed by atoms with E-state index in [1.807, 2.05) is 13.1 Å². The predicted octanol–water partition coefficient (Wildman–Crippen LogP) is 4.90. The number of halogens is 2. The molecule has 2 fully saturated rings. The Balaban J connectivity index is 1.29. The summed E-state index contributed by atoms with van der Waals surface area (Å²) in [5, 5.41) is 22.7. The third-order valence-electron chi connectivity index (χ3n) is 9.32. The van der Waals surface area contributed by atoms with Gasteiger partial charge in [-0.1, -0.05) is 18.7 Å². The highest BCUT2D eigenvalue weighted by Gasteiger charge is 2.71. The number of nitrogens with zero attached hydrogens (tertiary/aromatic N) is 1. The SMILES string of the molecule is C=C1CC[C@@]2(O)C3Cc4ccc(OC(=O)c5cc(-c6ccc(F)cc6F)ccc5O)c5c4C2(CCN3C)C1O5. The van der Waals surface area contributed by atoms with Gasteiger partial charge in [-0.25, -0.2) is 13.6 Å². The second-order valence-electron chi connectivity index (χ2n) is 11.2. The number of phenols is 1. The summed E-state index contributed by atoms with van der Waals surface area (Å²) in [7, 11) is 2.05. The van der Waals surface area contributed by atoms with Crippen LogP contribution in [0.5, 0.6) is 17.2 Å². The monoisotopic (exact) mass is 531 g/mol. The zero-order chi connectivity index (χ0) is 27.3. The van der Waals surface area contributed by atoms with E-state index in [1.165, 1.54) is 24.3 Å². The molecular weight excluding hydrogens is 504 g/mol. The Morgan fingerprint density at radius 2 is 1.97 bits per heavy atom. The number of aliphatic hydroxyl groups is 1. The number of phenolic OH excluding ortho intramolecular Hbond substituents is 1. The molecule has 0 amide bonds. The minimum absolute atomic E-state index is 0.0520. The van der Waals surface area contributed by atoms with Crippen LogP contribution in [0.2, 0.25) is 0 Å². The summed E-state index contributed by atoms with van der Waals surface area (Å²) >= 11 is 0. The molecular formula is C31H27F2NO5.